The molecule has 1 saturated carbocycles. The van der Waals surface area contributed by atoms with Gasteiger partial charge in [0.25, 0.3) is 0 Å². The lowest BCUT2D eigenvalue weighted by Crippen LogP contribution is -2.43. The molecule has 2 aliphatic rings. The van der Waals surface area contributed by atoms with Crippen LogP contribution in [0.5, 0.6) is 0 Å². The highest BCUT2D eigenvalue weighted by Gasteiger charge is 2.36. The van der Waals surface area contributed by atoms with Gasteiger partial charge in [0.2, 0.25) is 5.91 Å². The van der Waals surface area contributed by atoms with Crippen molar-refractivity contribution in [2.75, 3.05) is 6.54 Å². The second kappa shape index (κ2) is 3.59. The molecule has 0 spiro atoms. The average Bonchev–Trinajstić information content (AvgIpc) is 2.49. The van der Waals surface area contributed by atoms with Crippen LogP contribution in [0.25, 0.3) is 0 Å². The van der Waals surface area contributed by atoms with E-state index in [2.05, 4.69) is 5.32 Å². The van der Waals surface area contributed by atoms with Crippen molar-refractivity contribution in [1.29, 1.82) is 0 Å². The summed E-state index contributed by atoms with van der Waals surface area (Å²) in [4.78, 5) is 24.6. The predicted octanol–water partition coefficient (Wildman–Crippen LogP) is 1.12. The van der Waals surface area contributed by atoms with Crippen LogP contribution in [-0.4, -0.2) is 29.4 Å². The van der Waals surface area contributed by atoms with Crippen molar-refractivity contribution in [3.8, 4) is 0 Å². The summed E-state index contributed by atoms with van der Waals surface area (Å²) in [6, 6.07) is 0.0369. The van der Waals surface area contributed by atoms with Gasteiger partial charge in [0.05, 0.1) is 0 Å². The molecule has 3 amide bonds. The maximum absolute atomic E-state index is 11.7. The molecule has 0 radical (unpaired) electrons. The fourth-order valence-electron chi connectivity index (χ4n) is 2.48. The third-order valence-electron chi connectivity index (χ3n) is 3.27. The van der Waals surface area contributed by atoms with Crippen molar-refractivity contribution in [2.24, 2.45) is 5.92 Å². The van der Waals surface area contributed by atoms with Gasteiger partial charge < -0.3 is 5.32 Å². The quantitative estimate of drug-likeness (QED) is 0.683. The van der Waals surface area contributed by atoms with Gasteiger partial charge in [-0.25, -0.2) is 4.79 Å². The zero-order valence-corrected chi connectivity index (χ0v) is 8.45. The van der Waals surface area contributed by atoms with E-state index >= 15 is 0 Å². The first-order valence-electron chi connectivity index (χ1n) is 5.33. The first-order valence-corrected chi connectivity index (χ1v) is 5.33. The minimum atomic E-state index is -0.202. The van der Waals surface area contributed by atoms with E-state index in [1.54, 1.807) is 0 Å². The Hall–Kier alpha value is -1.06. The number of rotatable bonds is 1. The van der Waals surface area contributed by atoms with Gasteiger partial charge in [0, 0.05) is 19.0 Å². The summed E-state index contributed by atoms with van der Waals surface area (Å²) in [5.74, 6) is 0.363. The molecule has 0 aromatic carbocycles. The Bertz CT molecular complexity index is 241. The van der Waals surface area contributed by atoms with E-state index in [0.29, 0.717) is 18.9 Å². The molecule has 1 heterocycles. The summed E-state index contributed by atoms with van der Waals surface area (Å²) >= 11 is 0. The Labute approximate surface area is 83.6 Å². The predicted molar refractivity (Wildman–Crippen MR) is 51.7 cm³/mol. The zero-order chi connectivity index (χ0) is 10.1. The summed E-state index contributed by atoms with van der Waals surface area (Å²) in [5, 5.41) is 2.94. The van der Waals surface area contributed by atoms with Crippen LogP contribution in [-0.2, 0) is 4.79 Å². The normalized spacial score (nSPS) is 32.5. The van der Waals surface area contributed by atoms with Gasteiger partial charge in [0.15, 0.2) is 0 Å². The van der Waals surface area contributed by atoms with Crippen molar-refractivity contribution in [1.82, 2.24) is 10.2 Å². The standard InChI is InChI=1S/C10H16N2O2/c1-2-12-9(13)6-7-4-3-5-8(7)11-10(12)14/h7-8H,2-6H2,1H3,(H,11,14). The molecule has 2 unspecified atom stereocenters. The fourth-order valence-corrected chi connectivity index (χ4v) is 2.48. The number of hydrogen-bond acceptors (Lipinski definition) is 2. The molecule has 0 aromatic rings. The molecule has 1 aliphatic heterocycles. The van der Waals surface area contributed by atoms with E-state index in [4.69, 9.17) is 0 Å². The topological polar surface area (TPSA) is 49.4 Å². The number of fused-ring (bicyclic) bond motifs is 1. The van der Waals surface area contributed by atoms with Crippen LogP contribution in [0.4, 0.5) is 4.79 Å². The Balaban J connectivity index is 2.16. The highest BCUT2D eigenvalue weighted by atomic mass is 16.2. The van der Waals surface area contributed by atoms with E-state index in [9.17, 15) is 9.59 Å². The minimum Gasteiger partial charge on any atom is -0.335 e. The summed E-state index contributed by atoms with van der Waals surface area (Å²) < 4.78 is 0. The van der Waals surface area contributed by atoms with Gasteiger partial charge in [-0.1, -0.05) is 6.42 Å². The van der Waals surface area contributed by atoms with E-state index in [-0.39, 0.29) is 18.0 Å². The second-order valence-corrected chi connectivity index (χ2v) is 4.09. The first kappa shape index (κ1) is 9.49. The van der Waals surface area contributed by atoms with Gasteiger partial charge in [0.1, 0.15) is 0 Å². The van der Waals surface area contributed by atoms with Crippen LogP contribution in [0.1, 0.15) is 32.6 Å². The molecule has 4 nitrogen and oxygen atoms in total. The van der Waals surface area contributed by atoms with Crippen molar-refractivity contribution >= 4 is 11.9 Å². The molecular weight excluding hydrogens is 180 g/mol. The maximum Gasteiger partial charge on any atom is 0.324 e. The van der Waals surface area contributed by atoms with Gasteiger partial charge >= 0.3 is 6.03 Å². The Kier molecular flexibility index (Phi) is 2.44. The number of hydrogen-bond donors (Lipinski definition) is 1. The van der Waals surface area contributed by atoms with Crippen molar-refractivity contribution < 1.29 is 9.59 Å². The molecule has 2 rings (SSSR count). The number of nitrogens with zero attached hydrogens (tertiary/aromatic N) is 1. The van der Waals surface area contributed by atoms with E-state index in [1.807, 2.05) is 6.92 Å². The third-order valence-corrected chi connectivity index (χ3v) is 3.27. The molecule has 1 aliphatic carbocycles. The van der Waals surface area contributed by atoms with Crippen LogP contribution in [0, 0.1) is 5.92 Å². The van der Waals surface area contributed by atoms with E-state index in [0.717, 1.165) is 19.3 Å². The molecule has 78 valence electrons. The third kappa shape index (κ3) is 1.49. The van der Waals surface area contributed by atoms with E-state index in [1.165, 1.54) is 4.90 Å². The number of imide groups is 1. The Morgan fingerprint density at radius 2 is 2.21 bits per heavy atom. The number of amides is 3. The van der Waals surface area contributed by atoms with Gasteiger partial charge in [-0.15, -0.1) is 0 Å². The second-order valence-electron chi connectivity index (χ2n) is 4.09. The van der Waals surface area contributed by atoms with Crippen LogP contribution < -0.4 is 5.32 Å². The molecule has 4 heteroatoms. The van der Waals surface area contributed by atoms with Gasteiger partial charge in [-0.2, -0.15) is 0 Å². The SMILES string of the molecule is CCN1C(=O)CC2CCCC2NC1=O. The fraction of sp³-hybridized carbons (Fsp3) is 0.800. The number of carbonyl (C=O) groups is 2. The van der Waals surface area contributed by atoms with Crippen LogP contribution >= 0.6 is 0 Å². The highest BCUT2D eigenvalue weighted by molar-refractivity contribution is 5.95. The molecule has 1 saturated heterocycles. The lowest BCUT2D eigenvalue weighted by atomic mass is 10.00. The number of nitrogens with one attached hydrogen (secondary N) is 1. The lowest BCUT2D eigenvalue weighted by molar-refractivity contribution is -0.128. The molecule has 0 aromatic heterocycles. The summed E-state index contributed by atoms with van der Waals surface area (Å²) in [6.45, 7) is 2.31. The summed E-state index contributed by atoms with van der Waals surface area (Å²) in [7, 11) is 0. The average molecular weight is 196 g/mol. The van der Waals surface area contributed by atoms with Gasteiger partial charge in [-0.3, -0.25) is 9.69 Å². The number of carbonyl (C=O) groups excluding carboxylic acids is 2. The number of urea groups is 1. The lowest BCUT2D eigenvalue weighted by Gasteiger charge is -2.17. The molecular formula is C10H16N2O2. The Morgan fingerprint density at radius 1 is 1.43 bits per heavy atom. The monoisotopic (exact) mass is 196 g/mol. The molecule has 2 atom stereocenters. The van der Waals surface area contributed by atoms with Crippen molar-refractivity contribution in [3.05, 3.63) is 0 Å². The van der Waals surface area contributed by atoms with Crippen LogP contribution in [0.3, 0.4) is 0 Å². The van der Waals surface area contributed by atoms with Crippen LogP contribution in [0.2, 0.25) is 0 Å². The van der Waals surface area contributed by atoms with Crippen LogP contribution in [0.15, 0.2) is 0 Å². The molecule has 0 bridgehead atoms. The Morgan fingerprint density at radius 3 is 2.93 bits per heavy atom. The molecule has 2 fully saturated rings. The minimum absolute atomic E-state index is 0.0144. The molecule has 14 heavy (non-hydrogen) atoms. The zero-order valence-electron chi connectivity index (χ0n) is 8.45. The first-order chi connectivity index (χ1) is 6.72. The smallest absolute Gasteiger partial charge is 0.324 e. The van der Waals surface area contributed by atoms with E-state index < -0.39 is 0 Å². The largest absolute Gasteiger partial charge is 0.335 e. The van der Waals surface area contributed by atoms with Crippen molar-refractivity contribution in [2.45, 2.75) is 38.6 Å². The van der Waals surface area contributed by atoms with Crippen molar-refractivity contribution in [3.63, 3.8) is 0 Å². The van der Waals surface area contributed by atoms with Gasteiger partial charge in [-0.05, 0) is 25.7 Å². The highest BCUT2D eigenvalue weighted by Crippen LogP contribution is 2.30. The maximum atomic E-state index is 11.7. The summed E-state index contributed by atoms with van der Waals surface area (Å²) in [5.41, 5.74) is 0. The molecule has 1 N–H and O–H groups in total. The summed E-state index contributed by atoms with van der Waals surface area (Å²) in [6.07, 6.45) is 3.78.